The number of likely N-dealkylation sites (tertiary alicyclic amines) is 1. The number of fused-ring (bicyclic) bond motifs is 1. The first-order valence-corrected chi connectivity index (χ1v) is 17.1. The molecule has 2 aromatic carbocycles. The molecule has 13 heteroatoms. The van der Waals surface area contributed by atoms with E-state index in [1.165, 1.54) is 4.90 Å². The van der Waals surface area contributed by atoms with E-state index in [2.05, 4.69) is 22.5 Å². The normalized spacial score (nSPS) is 21.7. The number of rotatable bonds is 13. The maximum Gasteiger partial charge on any atom is 0.408 e. The van der Waals surface area contributed by atoms with Gasteiger partial charge in [0.25, 0.3) is 0 Å². The SMILES string of the molecule is C=C[C@@H]1C[C@]1(NC(=O)[C@@H]1C[C@@H](Oc2cc(-c3ccccc3)nc3cc(OC)ccc23)CN1C(=O)[C@H](CNC)NC(=O)OC(C)(C)C)C(=O)OCC. The molecule has 1 saturated carbocycles. The maximum absolute atomic E-state index is 14.3. The zero-order chi connectivity index (χ0) is 36.9. The lowest BCUT2D eigenvalue weighted by Crippen LogP contribution is -2.58. The number of carbonyl (C=O) groups excluding carboxylic acids is 4. The second-order valence-electron chi connectivity index (χ2n) is 13.7. The third-order valence-electron chi connectivity index (χ3n) is 8.87. The summed E-state index contributed by atoms with van der Waals surface area (Å²) in [5.41, 5.74) is 0.119. The predicted molar refractivity (Wildman–Crippen MR) is 191 cm³/mol. The van der Waals surface area contributed by atoms with Crippen LogP contribution in [0, 0.1) is 5.92 Å². The summed E-state index contributed by atoms with van der Waals surface area (Å²) < 4.78 is 22.8. The average Bonchev–Trinajstić information content (AvgIpc) is 3.66. The van der Waals surface area contributed by atoms with Gasteiger partial charge in [0, 0.05) is 42.0 Å². The van der Waals surface area contributed by atoms with Gasteiger partial charge < -0.3 is 39.8 Å². The molecule has 51 heavy (non-hydrogen) atoms. The van der Waals surface area contributed by atoms with E-state index in [9.17, 15) is 19.2 Å². The van der Waals surface area contributed by atoms with Crippen LogP contribution in [0.15, 0.2) is 67.3 Å². The van der Waals surface area contributed by atoms with E-state index in [0.717, 1.165) is 5.56 Å². The van der Waals surface area contributed by atoms with Crippen molar-refractivity contribution >= 4 is 34.8 Å². The number of hydrogen-bond donors (Lipinski definition) is 3. The van der Waals surface area contributed by atoms with Crippen molar-refractivity contribution < 1.29 is 38.1 Å². The lowest BCUT2D eigenvalue weighted by atomic mass is 10.1. The molecule has 1 aromatic heterocycles. The number of methoxy groups -OCH3 is 1. The first-order valence-electron chi connectivity index (χ1n) is 17.1. The van der Waals surface area contributed by atoms with Gasteiger partial charge in [-0.25, -0.2) is 14.6 Å². The van der Waals surface area contributed by atoms with E-state index >= 15 is 0 Å². The molecule has 0 radical (unpaired) electrons. The predicted octanol–water partition coefficient (Wildman–Crippen LogP) is 4.00. The van der Waals surface area contributed by atoms with E-state index < -0.39 is 53.2 Å². The minimum Gasteiger partial charge on any atom is -0.497 e. The molecule has 3 aromatic rings. The highest BCUT2D eigenvalue weighted by atomic mass is 16.6. The van der Waals surface area contributed by atoms with Crippen LogP contribution in [0.25, 0.3) is 22.2 Å². The Morgan fingerprint density at radius 2 is 1.86 bits per heavy atom. The Bertz CT molecular complexity index is 1780. The Balaban J connectivity index is 1.49. The van der Waals surface area contributed by atoms with Crippen molar-refractivity contribution in [1.29, 1.82) is 0 Å². The zero-order valence-electron chi connectivity index (χ0n) is 30.0. The fourth-order valence-electron chi connectivity index (χ4n) is 6.33. The van der Waals surface area contributed by atoms with Crippen molar-refractivity contribution in [3.05, 3.63) is 67.3 Å². The monoisotopic (exact) mass is 701 g/mol. The minimum atomic E-state index is -1.27. The van der Waals surface area contributed by atoms with Crippen molar-refractivity contribution in [2.24, 2.45) is 5.92 Å². The summed E-state index contributed by atoms with van der Waals surface area (Å²) in [7, 11) is 3.23. The summed E-state index contributed by atoms with van der Waals surface area (Å²) >= 11 is 0. The van der Waals surface area contributed by atoms with Gasteiger partial charge in [0.2, 0.25) is 11.8 Å². The molecule has 2 aliphatic rings. The van der Waals surface area contributed by atoms with Crippen LogP contribution in [-0.2, 0) is 23.9 Å². The van der Waals surface area contributed by atoms with Gasteiger partial charge in [0.05, 0.1) is 31.5 Å². The lowest BCUT2D eigenvalue weighted by Gasteiger charge is -2.30. The van der Waals surface area contributed by atoms with Gasteiger partial charge in [-0.15, -0.1) is 6.58 Å². The van der Waals surface area contributed by atoms with Crippen LogP contribution in [0.3, 0.4) is 0 Å². The fourth-order valence-corrected chi connectivity index (χ4v) is 6.33. The zero-order valence-corrected chi connectivity index (χ0v) is 30.0. The maximum atomic E-state index is 14.3. The number of carbonyl (C=O) groups is 4. The van der Waals surface area contributed by atoms with Gasteiger partial charge in [-0.05, 0) is 53.3 Å². The Kier molecular flexibility index (Phi) is 11.2. The molecule has 3 N–H and O–H groups in total. The first kappa shape index (κ1) is 37.1. The standard InChI is InChI=1S/C38H47N5O8/c1-8-24-20-38(24,35(46)49-9-2)42-33(44)31-18-26(22-43(31)34(45)30(21-39-6)41-36(47)51-37(3,4)5)50-32-19-28(23-13-11-10-12-14-23)40-29-17-25(48-7)15-16-27(29)32/h8,10-17,19,24,26,30-31,39H,1,9,18,20-22H2,2-7H3,(H,41,47)(H,42,44)/t24-,26-,30+,31+,38-/m1/s1. The molecule has 5 rings (SSSR count). The molecule has 1 saturated heterocycles. The van der Waals surface area contributed by atoms with Crippen LogP contribution in [0.1, 0.15) is 40.5 Å². The summed E-state index contributed by atoms with van der Waals surface area (Å²) in [5.74, 6) is -0.796. The van der Waals surface area contributed by atoms with E-state index in [1.54, 1.807) is 47.9 Å². The Labute approximate surface area is 298 Å². The number of pyridine rings is 1. The largest absolute Gasteiger partial charge is 0.497 e. The molecule has 272 valence electrons. The summed E-state index contributed by atoms with van der Waals surface area (Å²) in [6.45, 7) is 10.9. The molecule has 5 atom stereocenters. The third kappa shape index (κ3) is 8.42. The van der Waals surface area contributed by atoms with Crippen molar-refractivity contribution in [3.63, 3.8) is 0 Å². The number of esters is 1. The molecule has 13 nitrogen and oxygen atoms in total. The second-order valence-corrected chi connectivity index (χ2v) is 13.7. The van der Waals surface area contributed by atoms with E-state index in [4.69, 9.17) is 23.9 Å². The summed E-state index contributed by atoms with van der Waals surface area (Å²) in [6.07, 6.45) is 0.630. The van der Waals surface area contributed by atoms with Crippen LogP contribution in [0.2, 0.25) is 0 Å². The van der Waals surface area contributed by atoms with Crippen molar-refractivity contribution in [1.82, 2.24) is 25.8 Å². The number of aromatic nitrogens is 1. The van der Waals surface area contributed by atoms with Crippen LogP contribution in [0.5, 0.6) is 11.5 Å². The van der Waals surface area contributed by atoms with E-state index in [1.807, 2.05) is 54.6 Å². The highest BCUT2D eigenvalue weighted by Gasteiger charge is 2.62. The molecular weight excluding hydrogens is 654 g/mol. The number of benzene rings is 2. The van der Waals surface area contributed by atoms with Gasteiger partial charge in [-0.1, -0.05) is 36.4 Å². The number of likely N-dealkylation sites (N-methyl/N-ethyl adjacent to an activating group) is 1. The topological polar surface area (TPSA) is 157 Å². The molecule has 2 heterocycles. The molecule has 1 aliphatic carbocycles. The van der Waals surface area contributed by atoms with E-state index in [-0.39, 0.29) is 32.0 Å². The van der Waals surface area contributed by atoms with Crippen molar-refractivity contribution in [2.75, 3.05) is 33.9 Å². The number of ether oxygens (including phenoxy) is 4. The van der Waals surface area contributed by atoms with Crippen LogP contribution < -0.4 is 25.4 Å². The van der Waals surface area contributed by atoms with Gasteiger partial charge in [0.1, 0.15) is 40.8 Å². The Hall–Kier alpha value is -5.17. The first-order chi connectivity index (χ1) is 24.3. The number of nitrogens with one attached hydrogen (secondary N) is 3. The molecule has 0 bridgehead atoms. The number of amides is 3. The van der Waals surface area contributed by atoms with Crippen molar-refractivity contribution in [3.8, 4) is 22.8 Å². The number of hydrogen-bond acceptors (Lipinski definition) is 10. The van der Waals surface area contributed by atoms with E-state index in [0.29, 0.717) is 34.5 Å². The van der Waals surface area contributed by atoms with Crippen molar-refractivity contribution in [2.45, 2.75) is 69.9 Å². The van der Waals surface area contributed by atoms with Gasteiger partial charge in [0.15, 0.2) is 0 Å². The second kappa shape index (κ2) is 15.4. The highest BCUT2D eigenvalue weighted by molar-refractivity contribution is 5.97. The van der Waals surface area contributed by atoms with Crippen LogP contribution in [-0.4, -0.2) is 96.9 Å². The molecule has 2 fully saturated rings. The third-order valence-corrected chi connectivity index (χ3v) is 8.87. The molecule has 0 spiro atoms. The summed E-state index contributed by atoms with van der Waals surface area (Å²) in [6, 6.07) is 14.9. The molecule has 1 aliphatic heterocycles. The molecular formula is C38H47N5O8. The average molecular weight is 702 g/mol. The Morgan fingerprint density at radius 3 is 2.49 bits per heavy atom. The Morgan fingerprint density at radius 1 is 1.12 bits per heavy atom. The number of nitrogens with zero attached hydrogens (tertiary/aromatic N) is 2. The lowest BCUT2D eigenvalue weighted by molar-refractivity contribution is -0.150. The summed E-state index contributed by atoms with van der Waals surface area (Å²) in [4.78, 5) is 60.5. The highest BCUT2D eigenvalue weighted by Crippen LogP contribution is 2.46. The van der Waals surface area contributed by atoms with Gasteiger partial charge >= 0.3 is 12.1 Å². The quantitative estimate of drug-likeness (QED) is 0.176. The smallest absolute Gasteiger partial charge is 0.408 e. The van der Waals surface area contributed by atoms with Gasteiger partial charge in [-0.2, -0.15) is 0 Å². The van der Waals surface area contributed by atoms with Crippen LogP contribution in [0.4, 0.5) is 4.79 Å². The minimum absolute atomic E-state index is 0.0189. The molecule has 0 unspecified atom stereocenters. The number of alkyl carbamates (subject to hydrolysis) is 1. The van der Waals surface area contributed by atoms with Crippen LogP contribution >= 0.6 is 0 Å². The molecule has 3 amide bonds. The summed E-state index contributed by atoms with van der Waals surface area (Å²) in [5, 5.41) is 9.20. The fraction of sp³-hybridized carbons (Fsp3) is 0.447. The van der Waals surface area contributed by atoms with Gasteiger partial charge in [-0.3, -0.25) is 9.59 Å².